The summed E-state index contributed by atoms with van der Waals surface area (Å²) >= 11 is 0. The van der Waals surface area contributed by atoms with Crippen molar-refractivity contribution in [1.82, 2.24) is 20.2 Å². The second-order valence-electron chi connectivity index (χ2n) is 8.21. The lowest BCUT2D eigenvalue weighted by Crippen LogP contribution is -2.40. The molecule has 1 aromatic heterocycles. The molecule has 1 aliphatic heterocycles. The summed E-state index contributed by atoms with van der Waals surface area (Å²) < 4.78 is 48.7. The number of H-pyrrole nitrogens is 1. The Balaban J connectivity index is 0.000000381. The Bertz CT molecular complexity index is 912. The number of ether oxygens (including phenoxy) is 2. The molecule has 2 amide bonds. The fourth-order valence-electron chi connectivity index (χ4n) is 3.32. The van der Waals surface area contributed by atoms with Crippen molar-refractivity contribution in [3.05, 3.63) is 29.6 Å². The van der Waals surface area contributed by atoms with E-state index in [1.165, 1.54) is 24.8 Å². The molecule has 2 heterocycles. The van der Waals surface area contributed by atoms with Crippen molar-refractivity contribution < 1.29 is 27.4 Å². The number of urea groups is 1. The number of nitrogens with one attached hydrogen (secondary N) is 2. The standard InChI is InChI=1S/C17H19F3N4O2.C4H8O.CH5N/c18-17(19,20)14-9-24(16(25)23-14)8-10-1-4-12-13(7-10)22-15(21-12)5-6-26-11-2-3-11;1-5-4-2-3-4;1-2/h1,4,7,11,14H,2-3,5-6,8-9H2,(H,21,22)(H,23,25);4H,2-3H2,1H3;2H2,1H3. The molecule has 33 heavy (non-hydrogen) atoms. The van der Waals surface area contributed by atoms with Crippen LogP contribution in [0.4, 0.5) is 18.0 Å². The SMILES string of the molecule is CN.COC1CC1.O=C1NC(C(F)(F)F)CN1Cc1ccc2nc(CCOC3CC3)[nH]c2c1. The first-order valence-electron chi connectivity index (χ1n) is 11.1. The summed E-state index contributed by atoms with van der Waals surface area (Å²) in [4.78, 5) is 20.6. The van der Waals surface area contributed by atoms with Crippen molar-refractivity contribution in [2.45, 2.75) is 63.1 Å². The number of hydrogen-bond acceptors (Lipinski definition) is 5. The molecular weight excluding hydrogens is 439 g/mol. The van der Waals surface area contributed by atoms with Crippen LogP contribution in [0.1, 0.15) is 37.1 Å². The Morgan fingerprint density at radius 3 is 2.42 bits per heavy atom. The third-order valence-corrected chi connectivity index (χ3v) is 5.43. The Labute approximate surface area is 191 Å². The van der Waals surface area contributed by atoms with Gasteiger partial charge >= 0.3 is 12.2 Å². The van der Waals surface area contributed by atoms with Gasteiger partial charge in [0, 0.05) is 20.1 Å². The number of aromatic amines is 1. The fraction of sp³-hybridized carbons (Fsp3) is 0.636. The fourth-order valence-corrected chi connectivity index (χ4v) is 3.32. The van der Waals surface area contributed by atoms with Crippen molar-refractivity contribution >= 4 is 17.1 Å². The molecule has 5 rings (SSSR count). The molecule has 8 nitrogen and oxygen atoms in total. The van der Waals surface area contributed by atoms with E-state index in [1.54, 1.807) is 13.2 Å². The highest BCUT2D eigenvalue weighted by Crippen LogP contribution is 2.26. The van der Waals surface area contributed by atoms with Crippen LogP contribution in [-0.2, 0) is 22.4 Å². The van der Waals surface area contributed by atoms with E-state index in [-0.39, 0.29) is 13.1 Å². The number of carbonyl (C=O) groups excluding carboxylic acids is 1. The number of methoxy groups -OCH3 is 1. The van der Waals surface area contributed by atoms with Gasteiger partial charge in [-0.25, -0.2) is 9.78 Å². The minimum Gasteiger partial charge on any atom is -0.381 e. The summed E-state index contributed by atoms with van der Waals surface area (Å²) in [5.74, 6) is 0.814. The quantitative estimate of drug-likeness (QED) is 0.576. The highest BCUT2D eigenvalue weighted by molar-refractivity contribution is 5.78. The van der Waals surface area contributed by atoms with Gasteiger partial charge in [-0.3, -0.25) is 0 Å². The number of aromatic nitrogens is 2. The number of imidazole rings is 1. The lowest BCUT2D eigenvalue weighted by atomic mass is 10.2. The van der Waals surface area contributed by atoms with Crippen LogP contribution in [0, 0.1) is 0 Å². The lowest BCUT2D eigenvalue weighted by Gasteiger charge is -2.16. The third-order valence-electron chi connectivity index (χ3n) is 5.43. The number of carbonyl (C=O) groups is 1. The third kappa shape index (κ3) is 7.58. The van der Waals surface area contributed by atoms with Crippen LogP contribution in [0.25, 0.3) is 11.0 Å². The number of fused-ring (bicyclic) bond motifs is 1. The highest BCUT2D eigenvalue weighted by Gasteiger charge is 2.46. The minimum absolute atomic E-state index is 0.119. The molecule has 11 heteroatoms. The van der Waals surface area contributed by atoms with Crippen LogP contribution in [0.5, 0.6) is 0 Å². The van der Waals surface area contributed by atoms with Crippen LogP contribution < -0.4 is 11.1 Å². The summed E-state index contributed by atoms with van der Waals surface area (Å²) in [5.41, 5.74) is 6.84. The maximum absolute atomic E-state index is 12.7. The summed E-state index contributed by atoms with van der Waals surface area (Å²) in [5, 5.41) is 1.97. The molecule has 4 N–H and O–H groups in total. The van der Waals surface area contributed by atoms with Gasteiger partial charge in [0.2, 0.25) is 0 Å². The zero-order valence-electron chi connectivity index (χ0n) is 19.0. The minimum atomic E-state index is -4.44. The molecule has 1 atom stereocenters. The van der Waals surface area contributed by atoms with Crippen molar-refractivity contribution in [1.29, 1.82) is 0 Å². The van der Waals surface area contributed by atoms with Crippen LogP contribution in [0.3, 0.4) is 0 Å². The van der Waals surface area contributed by atoms with E-state index < -0.39 is 18.2 Å². The van der Waals surface area contributed by atoms with Crippen LogP contribution in [0.2, 0.25) is 0 Å². The van der Waals surface area contributed by atoms with E-state index in [0.29, 0.717) is 25.2 Å². The molecule has 0 bridgehead atoms. The van der Waals surface area contributed by atoms with Gasteiger partial charge in [0.25, 0.3) is 0 Å². The normalized spacial score (nSPS) is 20.1. The molecule has 1 saturated heterocycles. The first-order chi connectivity index (χ1) is 15.8. The van der Waals surface area contributed by atoms with E-state index in [9.17, 15) is 18.0 Å². The summed E-state index contributed by atoms with van der Waals surface area (Å²) in [6.07, 6.45) is 2.11. The number of nitrogens with two attached hydrogens (primary N) is 1. The zero-order valence-corrected chi connectivity index (χ0v) is 19.0. The monoisotopic (exact) mass is 471 g/mol. The Hall–Kier alpha value is -2.37. The molecule has 2 aliphatic carbocycles. The first kappa shape index (κ1) is 25.3. The first-order valence-corrected chi connectivity index (χ1v) is 11.1. The van der Waals surface area contributed by atoms with E-state index in [2.05, 4.69) is 15.7 Å². The summed E-state index contributed by atoms with van der Waals surface area (Å²) in [7, 11) is 3.26. The molecule has 2 aromatic rings. The maximum Gasteiger partial charge on any atom is 0.410 e. The van der Waals surface area contributed by atoms with Gasteiger partial charge < -0.3 is 30.4 Å². The zero-order chi connectivity index (χ0) is 24.0. The van der Waals surface area contributed by atoms with Gasteiger partial charge in [-0.2, -0.15) is 13.2 Å². The molecule has 3 fully saturated rings. The topological polar surface area (TPSA) is 106 Å². The maximum atomic E-state index is 12.7. The molecule has 184 valence electrons. The Morgan fingerprint density at radius 2 is 1.88 bits per heavy atom. The van der Waals surface area contributed by atoms with Crippen molar-refractivity contribution in [2.24, 2.45) is 5.73 Å². The predicted octanol–water partition coefficient (Wildman–Crippen LogP) is 3.11. The van der Waals surface area contributed by atoms with Gasteiger partial charge in [0.1, 0.15) is 11.9 Å². The molecule has 3 aliphatic rings. The number of halogens is 3. The Morgan fingerprint density at radius 1 is 1.18 bits per heavy atom. The van der Waals surface area contributed by atoms with Crippen LogP contribution in [-0.4, -0.2) is 72.6 Å². The number of alkyl halides is 3. The molecule has 2 saturated carbocycles. The summed E-state index contributed by atoms with van der Waals surface area (Å²) in [6, 6.07) is 2.89. The molecule has 0 radical (unpaired) electrons. The number of amides is 2. The van der Waals surface area contributed by atoms with E-state index in [1.807, 2.05) is 17.4 Å². The van der Waals surface area contributed by atoms with Gasteiger partial charge in [-0.1, -0.05) is 6.07 Å². The van der Waals surface area contributed by atoms with Gasteiger partial charge in [0.15, 0.2) is 0 Å². The average Bonchev–Trinajstić information content (AvgIpc) is 3.71. The number of hydrogen-bond donors (Lipinski definition) is 3. The molecule has 1 unspecified atom stereocenters. The lowest BCUT2D eigenvalue weighted by molar-refractivity contribution is -0.149. The van der Waals surface area contributed by atoms with E-state index in [0.717, 1.165) is 35.3 Å². The van der Waals surface area contributed by atoms with Gasteiger partial charge in [0.05, 0.1) is 36.4 Å². The van der Waals surface area contributed by atoms with Gasteiger partial charge in [-0.05, 0) is 50.4 Å². The second kappa shape index (κ2) is 11.2. The average molecular weight is 472 g/mol. The molecule has 1 aromatic carbocycles. The van der Waals surface area contributed by atoms with Crippen molar-refractivity contribution in [3.63, 3.8) is 0 Å². The molecular formula is C22H32F3N5O3. The van der Waals surface area contributed by atoms with Gasteiger partial charge in [-0.15, -0.1) is 0 Å². The van der Waals surface area contributed by atoms with Crippen molar-refractivity contribution in [3.8, 4) is 0 Å². The number of benzene rings is 1. The predicted molar refractivity (Wildman–Crippen MR) is 118 cm³/mol. The van der Waals surface area contributed by atoms with E-state index in [4.69, 9.17) is 9.47 Å². The van der Waals surface area contributed by atoms with Crippen LogP contribution >= 0.6 is 0 Å². The second-order valence-corrected chi connectivity index (χ2v) is 8.21. The van der Waals surface area contributed by atoms with Crippen molar-refractivity contribution in [2.75, 3.05) is 27.3 Å². The number of nitrogens with zero attached hydrogens (tertiary/aromatic N) is 2. The largest absolute Gasteiger partial charge is 0.410 e. The smallest absolute Gasteiger partial charge is 0.381 e. The molecule has 0 spiro atoms. The van der Waals surface area contributed by atoms with Crippen LogP contribution in [0.15, 0.2) is 18.2 Å². The number of rotatable bonds is 7. The highest BCUT2D eigenvalue weighted by atomic mass is 19.4. The van der Waals surface area contributed by atoms with E-state index >= 15 is 0 Å². The summed E-state index contributed by atoms with van der Waals surface area (Å²) in [6.45, 7) is 0.352. The Kier molecular flexibility index (Phi) is 8.55.